The minimum atomic E-state index is -0.758. The molecular weight excluding hydrogens is 304 g/mol. The summed E-state index contributed by atoms with van der Waals surface area (Å²) >= 11 is 0. The van der Waals surface area contributed by atoms with E-state index in [0.29, 0.717) is 19.3 Å². The van der Waals surface area contributed by atoms with Gasteiger partial charge in [-0.25, -0.2) is 0 Å². The van der Waals surface area contributed by atoms with E-state index in [2.05, 4.69) is 13.0 Å². The van der Waals surface area contributed by atoms with E-state index in [9.17, 15) is 15.0 Å². The summed E-state index contributed by atoms with van der Waals surface area (Å²) in [6, 6.07) is 0. The lowest BCUT2D eigenvalue weighted by molar-refractivity contribution is -0.137. The molecule has 0 rings (SSSR count). The summed E-state index contributed by atoms with van der Waals surface area (Å²) < 4.78 is 0. The second-order valence-corrected chi connectivity index (χ2v) is 6.04. The van der Waals surface area contributed by atoms with E-state index in [4.69, 9.17) is 5.11 Å². The molecule has 0 aliphatic heterocycles. The van der Waals surface area contributed by atoms with Gasteiger partial charge in [-0.15, -0.1) is 0 Å². The number of aliphatic hydroxyl groups is 2. The van der Waals surface area contributed by atoms with Crippen molar-refractivity contribution in [3.63, 3.8) is 0 Å². The van der Waals surface area contributed by atoms with E-state index >= 15 is 0 Å². The molecule has 0 aromatic heterocycles. The number of carboxylic acids is 1. The maximum absolute atomic E-state index is 10.3. The van der Waals surface area contributed by atoms with Crippen LogP contribution in [0.15, 0.2) is 36.5 Å². The minimum Gasteiger partial charge on any atom is -0.481 e. The van der Waals surface area contributed by atoms with Crippen LogP contribution in [-0.4, -0.2) is 33.5 Å². The molecule has 0 saturated heterocycles. The Labute approximate surface area is 146 Å². The summed E-state index contributed by atoms with van der Waals surface area (Å²) in [6.07, 6.45) is 18.3. The molecule has 0 saturated carbocycles. The predicted octanol–water partition coefficient (Wildman–Crippen LogP) is 4.38. The van der Waals surface area contributed by atoms with Gasteiger partial charge >= 0.3 is 5.97 Å². The Hall–Kier alpha value is -1.39. The molecule has 0 aromatic rings. The van der Waals surface area contributed by atoms with Crippen LogP contribution in [0.1, 0.15) is 71.1 Å². The van der Waals surface area contributed by atoms with Gasteiger partial charge in [0.25, 0.3) is 0 Å². The lowest BCUT2D eigenvalue weighted by Crippen LogP contribution is -2.24. The molecule has 0 fully saturated rings. The van der Waals surface area contributed by atoms with E-state index in [-0.39, 0.29) is 6.42 Å². The van der Waals surface area contributed by atoms with Crippen LogP contribution in [0.4, 0.5) is 0 Å². The minimum absolute atomic E-state index is 0.206. The Morgan fingerprint density at radius 1 is 0.833 bits per heavy atom. The van der Waals surface area contributed by atoms with Crippen LogP contribution in [0.5, 0.6) is 0 Å². The molecule has 0 radical (unpaired) electrons. The molecule has 0 unspecified atom stereocenters. The smallest absolute Gasteiger partial charge is 0.303 e. The number of unbranched alkanes of at least 4 members (excludes halogenated alkanes) is 4. The molecule has 0 amide bonds. The fourth-order valence-corrected chi connectivity index (χ4v) is 2.18. The van der Waals surface area contributed by atoms with Crippen LogP contribution in [0.3, 0.4) is 0 Å². The van der Waals surface area contributed by atoms with Gasteiger partial charge in [0.15, 0.2) is 0 Å². The van der Waals surface area contributed by atoms with E-state index in [1.54, 1.807) is 0 Å². The number of hydrogen-bond donors (Lipinski definition) is 3. The number of hydrogen-bond acceptors (Lipinski definition) is 3. The molecule has 0 aliphatic rings. The van der Waals surface area contributed by atoms with Crippen LogP contribution in [0.2, 0.25) is 0 Å². The molecule has 138 valence electrons. The predicted molar refractivity (Wildman–Crippen MR) is 98.9 cm³/mol. The number of carboxylic acid groups (broad SMARTS) is 1. The zero-order chi connectivity index (χ0) is 18.0. The van der Waals surface area contributed by atoms with Crippen LogP contribution >= 0.6 is 0 Å². The molecule has 0 bridgehead atoms. The third-order valence-electron chi connectivity index (χ3n) is 3.71. The molecule has 0 spiro atoms. The van der Waals surface area contributed by atoms with Crippen molar-refractivity contribution in [3.8, 4) is 0 Å². The van der Waals surface area contributed by atoms with Gasteiger partial charge < -0.3 is 15.3 Å². The van der Waals surface area contributed by atoms with Crippen molar-refractivity contribution in [2.24, 2.45) is 0 Å². The van der Waals surface area contributed by atoms with Crippen LogP contribution < -0.4 is 0 Å². The van der Waals surface area contributed by atoms with Gasteiger partial charge in [0.05, 0.1) is 12.2 Å². The maximum Gasteiger partial charge on any atom is 0.303 e. The highest BCUT2D eigenvalue weighted by atomic mass is 16.4. The summed E-state index contributed by atoms with van der Waals surface area (Å²) in [5, 5.41) is 28.2. The van der Waals surface area contributed by atoms with Gasteiger partial charge in [-0.05, 0) is 44.9 Å². The van der Waals surface area contributed by atoms with Crippen LogP contribution in [0, 0.1) is 0 Å². The second-order valence-electron chi connectivity index (χ2n) is 6.04. The van der Waals surface area contributed by atoms with Crippen molar-refractivity contribution in [2.45, 2.75) is 83.3 Å². The molecule has 4 heteroatoms. The highest BCUT2D eigenvalue weighted by Gasteiger charge is 2.12. The monoisotopic (exact) mass is 338 g/mol. The van der Waals surface area contributed by atoms with Crippen molar-refractivity contribution < 1.29 is 20.1 Å². The average molecular weight is 338 g/mol. The first-order chi connectivity index (χ1) is 11.6. The fourth-order valence-electron chi connectivity index (χ4n) is 2.18. The third-order valence-corrected chi connectivity index (χ3v) is 3.71. The summed E-state index contributed by atoms with van der Waals surface area (Å²) in [6.45, 7) is 2.17. The van der Waals surface area contributed by atoms with Crippen molar-refractivity contribution in [1.82, 2.24) is 0 Å². The molecule has 4 nitrogen and oxygen atoms in total. The first-order valence-corrected chi connectivity index (χ1v) is 9.10. The normalized spacial score (nSPS) is 14.8. The zero-order valence-electron chi connectivity index (χ0n) is 14.9. The Morgan fingerprint density at radius 2 is 1.38 bits per heavy atom. The average Bonchev–Trinajstić information content (AvgIpc) is 2.55. The summed E-state index contributed by atoms with van der Waals surface area (Å²) in [5.74, 6) is -0.758. The third kappa shape index (κ3) is 15.5. The number of aliphatic hydroxyl groups excluding tert-OH is 2. The topological polar surface area (TPSA) is 77.8 Å². The van der Waals surface area contributed by atoms with E-state index in [1.807, 2.05) is 30.4 Å². The second kappa shape index (κ2) is 16.5. The standard InChI is InChI=1S/C20H34O4/c1-2-3-4-5-9-12-15-18(21)19(22)16-13-10-7-6-8-11-14-17-20(23)24/h6,8-10,12-13,18-19,21-22H,2-5,7,11,14-17H2,1H3,(H,23,24)/b8-6-,12-9-,13-10-/t18-,19-/m1/s1. The van der Waals surface area contributed by atoms with Crippen molar-refractivity contribution >= 4 is 5.97 Å². The lowest BCUT2D eigenvalue weighted by Gasteiger charge is -2.14. The van der Waals surface area contributed by atoms with Gasteiger partial charge in [0.1, 0.15) is 0 Å². The molecule has 24 heavy (non-hydrogen) atoms. The summed E-state index contributed by atoms with van der Waals surface area (Å²) in [4.78, 5) is 10.3. The van der Waals surface area contributed by atoms with Gasteiger partial charge in [-0.2, -0.15) is 0 Å². The highest BCUT2D eigenvalue weighted by molar-refractivity contribution is 5.66. The molecule has 0 heterocycles. The number of carbonyl (C=O) groups is 1. The van der Waals surface area contributed by atoms with Crippen LogP contribution in [0.25, 0.3) is 0 Å². The van der Waals surface area contributed by atoms with Crippen molar-refractivity contribution in [2.75, 3.05) is 0 Å². The number of aliphatic carboxylic acids is 1. The first-order valence-electron chi connectivity index (χ1n) is 9.10. The SMILES string of the molecule is CCCCC/C=C\C[C@@H](O)[C@H](O)C/C=C\C/C=C\CCCC(=O)O. The van der Waals surface area contributed by atoms with Gasteiger partial charge in [-0.3, -0.25) is 4.79 Å². The Kier molecular flexibility index (Phi) is 15.5. The lowest BCUT2D eigenvalue weighted by atomic mass is 10.1. The van der Waals surface area contributed by atoms with Crippen molar-refractivity contribution in [1.29, 1.82) is 0 Å². The number of rotatable bonds is 15. The summed E-state index contributed by atoms with van der Waals surface area (Å²) in [5.41, 5.74) is 0. The molecule has 2 atom stereocenters. The zero-order valence-corrected chi connectivity index (χ0v) is 14.9. The van der Waals surface area contributed by atoms with Gasteiger partial charge in [0, 0.05) is 6.42 Å². The maximum atomic E-state index is 10.3. The van der Waals surface area contributed by atoms with E-state index in [0.717, 1.165) is 19.3 Å². The fraction of sp³-hybridized carbons (Fsp3) is 0.650. The molecule has 0 aromatic carbocycles. The van der Waals surface area contributed by atoms with Crippen molar-refractivity contribution in [3.05, 3.63) is 36.5 Å². The van der Waals surface area contributed by atoms with E-state index in [1.165, 1.54) is 19.3 Å². The molecule has 0 aliphatic carbocycles. The van der Waals surface area contributed by atoms with Crippen LogP contribution in [-0.2, 0) is 4.79 Å². The largest absolute Gasteiger partial charge is 0.481 e. The summed E-state index contributed by atoms with van der Waals surface area (Å²) in [7, 11) is 0. The first kappa shape index (κ1) is 22.6. The molecular formula is C20H34O4. The van der Waals surface area contributed by atoms with Gasteiger partial charge in [-0.1, -0.05) is 56.2 Å². The Balaban J connectivity index is 3.69. The number of allylic oxidation sites excluding steroid dienone is 4. The van der Waals surface area contributed by atoms with E-state index < -0.39 is 18.2 Å². The van der Waals surface area contributed by atoms with Gasteiger partial charge in [0.2, 0.25) is 0 Å². The molecule has 3 N–H and O–H groups in total. The quantitative estimate of drug-likeness (QED) is 0.306. The Bertz CT molecular complexity index is 385. The Morgan fingerprint density at radius 3 is 2.00 bits per heavy atom. The highest BCUT2D eigenvalue weighted by Crippen LogP contribution is 2.07.